The third-order valence-corrected chi connectivity index (χ3v) is 2.58. The molecule has 0 radical (unpaired) electrons. The summed E-state index contributed by atoms with van der Waals surface area (Å²) < 4.78 is 5.10. The van der Waals surface area contributed by atoms with Gasteiger partial charge in [-0.2, -0.15) is 0 Å². The van der Waals surface area contributed by atoms with Crippen LogP contribution < -0.4 is 5.32 Å². The van der Waals surface area contributed by atoms with E-state index in [9.17, 15) is 4.79 Å². The van der Waals surface area contributed by atoms with Crippen LogP contribution in [0.5, 0.6) is 0 Å². The van der Waals surface area contributed by atoms with E-state index in [4.69, 9.17) is 27.9 Å². The lowest BCUT2D eigenvalue weighted by atomic mass is 10.2. The van der Waals surface area contributed by atoms with Crippen LogP contribution in [-0.2, 0) is 11.3 Å². The smallest absolute Gasteiger partial charge is 0.407 e. The number of benzene rings is 1. The fourth-order valence-electron chi connectivity index (χ4n) is 1.18. The van der Waals surface area contributed by atoms with Gasteiger partial charge in [0.05, 0.1) is 0 Å². The molecule has 0 spiro atoms. The highest BCUT2D eigenvalue weighted by molar-refractivity contribution is 6.35. The summed E-state index contributed by atoms with van der Waals surface area (Å²) in [6.45, 7) is 5.65. The molecule has 1 aromatic carbocycles. The van der Waals surface area contributed by atoms with Crippen LogP contribution in [0.2, 0.25) is 10.0 Å². The zero-order valence-electron chi connectivity index (χ0n) is 10.0. The summed E-state index contributed by atoms with van der Waals surface area (Å²) in [7, 11) is 0. The Kier molecular flexibility index (Phi) is 4.66. The average molecular weight is 276 g/mol. The van der Waals surface area contributed by atoms with Crippen LogP contribution in [0.1, 0.15) is 26.3 Å². The van der Waals surface area contributed by atoms with Crippen molar-refractivity contribution in [2.24, 2.45) is 0 Å². The Hall–Kier alpha value is -0.930. The largest absolute Gasteiger partial charge is 0.444 e. The van der Waals surface area contributed by atoms with E-state index in [1.165, 1.54) is 0 Å². The molecular weight excluding hydrogens is 261 g/mol. The van der Waals surface area contributed by atoms with Gasteiger partial charge >= 0.3 is 6.09 Å². The molecule has 17 heavy (non-hydrogen) atoms. The van der Waals surface area contributed by atoms with Crippen molar-refractivity contribution < 1.29 is 9.53 Å². The van der Waals surface area contributed by atoms with Crippen molar-refractivity contribution in [2.45, 2.75) is 32.9 Å². The Morgan fingerprint density at radius 2 is 1.82 bits per heavy atom. The molecule has 0 heterocycles. The molecule has 0 aromatic heterocycles. The minimum absolute atomic E-state index is 0.243. The van der Waals surface area contributed by atoms with Crippen LogP contribution in [0, 0.1) is 0 Å². The normalized spacial score (nSPS) is 11.1. The second-order valence-corrected chi connectivity index (χ2v) is 5.37. The van der Waals surface area contributed by atoms with E-state index in [0.717, 1.165) is 0 Å². The van der Waals surface area contributed by atoms with E-state index in [0.29, 0.717) is 15.6 Å². The highest BCUT2D eigenvalue weighted by Crippen LogP contribution is 2.23. The molecule has 0 aliphatic carbocycles. The van der Waals surface area contributed by atoms with Crippen molar-refractivity contribution in [3.05, 3.63) is 33.8 Å². The number of carbonyl (C=O) groups is 1. The van der Waals surface area contributed by atoms with Gasteiger partial charge in [-0.25, -0.2) is 4.79 Å². The minimum Gasteiger partial charge on any atom is -0.444 e. The molecule has 0 atom stereocenters. The van der Waals surface area contributed by atoms with Gasteiger partial charge in [0, 0.05) is 22.2 Å². The molecular formula is C12H15Cl2NO2. The van der Waals surface area contributed by atoms with Gasteiger partial charge in [0.15, 0.2) is 0 Å². The summed E-state index contributed by atoms with van der Waals surface area (Å²) in [5.74, 6) is 0. The third kappa shape index (κ3) is 4.84. The summed E-state index contributed by atoms with van der Waals surface area (Å²) >= 11 is 11.9. The number of halogens is 2. The van der Waals surface area contributed by atoms with E-state index >= 15 is 0 Å². The van der Waals surface area contributed by atoms with Crippen molar-refractivity contribution >= 4 is 29.3 Å². The zero-order chi connectivity index (χ0) is 13.1. The predicted octanol–water partition coefficient (Wildman–Crippen LogP) is 4.02. The highest BCUT2D eigenvalue weighted by atomic mass is 35.5. The third-order valence-electron chi connectivity index (χ3n) is 1.87. The van der Waals surface area contributed by atoms with Crippen molar-refractivity contribution in [3.8, 4) is 0 Å². The molecule has 0 bridgehead atoms. The molecule has 1 rings (SSSR count). The maximum Gasteiger partial charge on any atom is 0.407 e. The molecule has 5 heteroatoms. The van der Waals surface area contributed by atoms with Gasteiger partial charge in [0.2, 0.25) is 0 Å². The molecule has 0 unspecified atom stereocenters. The molecule has 3 nitrogen and oxygen atoms in total. The maximum absolute atomic E-state index is 11.4. The monoisotopic (exact) mass is 275 g/mol. The second-order valence-electron chi connectivity index (χ2n) is 4.56. The number of hydrogen-bond donors (Lipinski definition) is 1. The first kappa shape index (κ1) is 14.1. The van der Waals surface area contributed by atoms with Crippen LogP contribution in [-0.4, -0.2) is 11.7 Å². The summed E-state index contributed by atoms with van der Waals surface area (Å²) in [4.78, 5) is 11.4. The zero-order valence-corrected chi connectivity index (χ0v) is 11.5. The van der Waals surface area contributed by atoms with E-state index in [2.05, 4.69) is 5.32 Å². The topological polar surface area (TPSA) is 38.3 Å². The molecule has 0 saturated carbocycles. The standard InChI is InChI=1S/C12H15Cl2NO2/c1-12(2,3)17-11(16)15-7-8-9(13)5-4-6-10(8)14/h4-6H,7H2,1-3H3,(H,15,16). The number of alkyl carbamates (subject to hydrolysis) is 1. The molecule has 1 aromatic rings. The van der Waals surface area contributed by atoms with Crippen LogP contribution in [0.4, 0.5) is 4.79 Å². The fourth-order valence-corrected chi connectivity index (χ4v) is 1.71. The Bertz CT molecular complexity index is 393. The number of ether oxygens (including phenoxy) is 1. The van der Waals surface area contributed by atoms with Gasteiger partial charge in [0.1, 0.15) is 5.60 Å². The first-order valence-corrected chi connectivity index (χ1v) is 5.95. The van der Waals surface area contributed by atoms with Crippen LogP contribution >= 0.6 is 23.2 Å². The molecule has 0 aliphatic heterocycles. The van der Waals surface area contributed by atoms with Gasteiger partial charge in [0.25, 0.3) is 0 Å². The van der Waals surface area contributed by atoms with Crippen LogP contribution in [0.25, 0.3) is 0 Å². The number of hydrogen-bond acceptors (Lipinski definition) is 2. The van der Waals surface area contributed by atoms with Gasteiger partial charge in [-0.05, 0) is 32.9 Å². The van der Waals surface area contributed by atoms with E-state index in [-0.39, 0.29) is 6.54 Å². The molecule has 94 valence electrons. The predicted molar refractivity (Wildman–Crippen MR) is 69.5 cm³/mol. The Balaban J connectivity index is 2.59. The Labute approximate surface area is 111 Å². The number of carbonyl (C=O) groups excluding carboxylic acids is 1. The first-order chi connectivity index (χ1) is 7.79. The van der Waals surface area contributed by atoms with Gasteiger partial charge in [-0.3, -0.25) is 0 Å². The molecule has 0 aliphatic rings. The number of amides is 1. The Morgan fingerprint density at radius 3 is 2.29 bits per heavy atom. The van der Waals surface area contributed by atoms with Crippen molar-refractivity contribution in [2.75, 3.05) is 0 Å². The average Bonchev–Trinajstić information content (AvgIpc) is 2.14. The van der Waals surface area contributed by atoms with E-state index < -0.39 is 11.7 Å². The highest BCUT2D eigenvalue weighted by Gasteiger charge is 2.16. The molecule has 0 fully saturated rings. The van der Waals surface area contributed by atoms with Gasteiger partial charge in [-0.1, -0.05) is 29.3 Å². The molecule has 0 saturated heterocycles. The molecule has 1 amide bonds. The van der Waals surface area contributed by atoms with Crippen LogP contribution in [0.15, 0.2) is 18.2 Å². The summed E-state index contributed by atoms with van der Waals surface area (Å²) in [6.07, 6.45) is -0.492. The quantitative estimate of drug-likeness (QED) is 0.886. The maximum atomic E-state index is 11.4. The van der Waals surface area contributed by atoms with Gasteiger partial charge < -0.3 is 10.1 Å². The van der Waals surface area contributed by atoms with Gasteiger partial charge in [-0.15, -0.1) is 0 Å². The summed E-state index contributed by atoms with van der Waals surface area (Å²) in [5.41, 5.74) is 0.163. The first-order valence-electron chi connectivity index (χ1n) is 5.19. The lowest BCUT2D eigenvalue weighted by Crippen LogP contribution is -2.32. The Morgan fingerprint density at radius 1 is 1.29 bits per heavy atom. The fraction of sp³-hybridized carbons (Fsp3) is 0.417. The van der Waals surface area contributed by atoms with E-state index in [1.54, 1.807) is 39.0 Å². The second kappa shape index (κ2) is 5.61. The number of rotatable bonds is 2. The van der Waals surface area contributed by atoms with Crippen molar-refractivity contribution in [3.63, 3.8) is 0 Å². The lowest BCUT2D eigenvalue weighted by Gasteiger charge is -2.20. The number of nitrogens with one attached hydrogen (secondary N) is 1. The molecule has 1 N–H and O–H groups in total. The van der Waals surface area contributed by atoms with E-state index in [1.807, 2.05) is 0 Å². The lowest BCUT2D eigenvalue weighted by molar-refractivity contribution is 0.0523. The van der Waals surface area contributed by atoms with Crippen molar-refractivity contribution in [1.82, 2.24) is 5.32 Å². The summed E-state index contributed by atoms with van der Waals surface area (Å²) in [6, 6.07) is 5.20. The summed E-state index contributed by atoms with van der Waals surface area (Å²) in [5, 5.41) is 3.65. The minimum atomic E-state index is -0.519. The SMILES string of the molecule is CC(C)(C)OC(=O)NCc1c(Cl)cccc1Cl. The van der Waals surface area contributed by atoms with Crippen LogP contribution in [0.3, 0.4) is 0 Å². The van der Waals surface area contributed by atoms with Crippen molar-refractivity contribution in [1.29, 1.82) is 0 Å².